The van der Waals surface area contributed by atoms with Gasteiger partial charge in [-0.25, -0.2) is 0 Å². The maximum absolute atomic E-state index is 11.8. The number of rotatable bonds is 45. The Hall–Kier alpha value is -12.5. The Morgan fingerprint density at radius 1 is 0.181 bits per heavy atom. The lowest BCUT2D eigenvalue weighted by Crippen LogP contribution is -2.05. The van der Waals surface area contributed by atoms with Gasteiger partial charge in [-0.2, -0.15) is 0 Å². The van der Waals surface area contributed by atoms with Crippen molar-refractivity contribution in [2.75, 3.05) is 0 Å². The molecule has 0 aliphatic heterocycles. The summed E-state index contributed by atoms with van der Waals surface area (Å²) >= 11 is 0. The zero-order valence-corrected chi connectivity index (χ0v) is 82.5. The smallest absolute Gasteiger partial charge is 0.303 e. The molecule has 3 unspecified atom stereocenters. The summed E-state index contributed by atoms with van der Waals surface area (Å²) in [6.07, 6.45) is 28.4. The van der Waals surface area contributed by atoms with Gasteiger partial charge in [-0.05, 0) is 394 Å². The van der Waals surface area contributed by atoms with E-state index in [0.717, 1.165) is 96.3 Å². The van der Waals surface area contributed by atoms with Crippen LogP contribution in [0.25, 0.3) is 228 Å². The molecule has 6 heteroatoms. The largest absolute Gasteiger partial charge is 0.481 e. The van der Waals surface area contributed by atoms with Crippen molar-refractivity contribution in [3.8, 4) is 66.8 Å². The highest BCUT2D eigenvalue weighted by atomic mass is 16.4. The van der Waals surface area contributed by atoms with Gasteiger partial charge in [0.2, 0.25) is 0 Å². The molecule has 22 rings (SSSR count). The summed E-state index contributed by atoms with van der Waals surface area (Å²) in [7, 11) is 0. The molecule has 138 heavy (non-hydrogen) atoms. The van der Waals surface area contributed by atoms with Crippen LogP contribution in [0.3, 0.4) is 0 Å². The Balaban J connectivity index is 0.900. The van der Waals surface area contributed by atoms with Crippen LogP contribution in [-0.2, 0) is 52.9 Å². The average Bonchev–Trinajstić information content (AvgIpc) is 0.627. The molecule has 6 nitrogen and oxygen atoms in total. The van der Waals surface area contributed by atoms with E-state index in [1.165, 1.54) is 320 Å². The number of hydrogen-bond donors (Lipinski definition) is 3. The highest BCUT2D eigenvalue weighted by molar-refractivity contribution is 6.66. The number of carbonyl (C=O) groups is 3. The van der Waals surface area contributed by atoms with E-state index in [1.807, 2.05) is 0 Å². The maximum Gasteiger partial charge on any atom is 0.303 e. The Morgan fingerprint density at radius 3 is 0.616 bits per heavy atom. The van der Waals surface area contributed by atoms with Crippen molar-refractivity contribution in [1.29, 1.82) is 0 Å². The van der Waals surface area contributed by atoms with Crippen LogP contribution in [0.5, 0.6) is 0 Å². The Kier molecular flexibility index (Phi) is 24.7. The van der Waals surface area contributed by atoms with Crippen LogP contribution in [-0.4, -0.2) is 33.2 Å². The summed E-state index contributed by atoms with van der Waals surface area (Å²) in [5.74, 6) is 1.79. The van der Waals surface area contributed by atoms with Gasteiger partial charge in [-0.3, -0.25) is 14.4 Å². The molecule has 3 atom stereocenters. The van der Waals surface area contributed by atoms with E-state index in [4.69, 9.17) is 0 Å². The second-order valence-electron chi connectivity index (χ2n) is 43.9. The van der Waals surface area contributed by atoms with Crippen molar-refractivity contribution in [1.82, 2.24) is 0 Å². The molecule has 0 heterocycles. The zero-order chi connectivity index (χ0) is 94.6. The van der Waals surface area contributed by atoms with Crippen LogP contribution in [0, 0.1) is 35.5 Å². The van der Waals surface area contributed by atoms with Crippen LogP contribution in [0.15, 0.2) is 218 Å². The van der Waals surface area contributed by atoms with Crippen LogP contribution in [0.2, 0.25) is 0 Å². The van der Waals surface area contributed by atoms with Gasteiger partial charge >= 0.3 is 17.9 Å². The minimum Gasteiger partial charge on any atom is -0.481 e. The third-order valence-corrected chi connectivity index (χ3v) is 32.9. The second kappa shape index (κ2) is 37.7. The molecular formula is C132H132O6. The van der Waals surface area contributed by atoms with E-state index in [1.54, 1.807) is 0 Å². The SMILES string of the molecule is CC(C)CCCC(C)CCc1ccc(-c2c(-c3ccc(CCCCCC(=O)O)cc3)c3ccc4ccc5c6c(-c7ccc(CCC(C)CCCC(C)C)cc7)c(-c7ccc(CCCCCC(=O)O)cc7)c7ccc8ccc9c%10c(-c%11ccc(CCC(C)CCCC(C)C)cc%11)c(-c%11ccc(CCCCCC(=O)O)cc%11)c%11ccc%12ccc%13c2c2c3c4c5c3c2c2c%13c%12c%11c%10c2c2c9c8c7c6c32)cc1. The number of carboxylic acid groups (broad SMARTS) is 3. The molecule has 0 fully saturated rings. The predicted molar refractivity (Wildman–Crippen MR) is 590 cm³/mol. The van der Waals surface area contributed by atoms with Crippen LogP contribution in [0.4, 0.5) is 0 Å². The van der Waals surface area contributed by atoms with E-state index in [-0.39, 0.29) is 19.3 Å². The van der Waals surface area contributed by atoms with Gasteiger partial charge in [0.25, 0.3) is 0 Å². The highest BCUT2D eigenvalue weighted by Crippen LogP contribution is 2.68. The lowest BCUT2D eigenvalue weighted by molar-refractivity contribution is -0.138. The van der Waals surface area contributed by atoms with Crippen molar-refractivity contribution < 1.29 is 29.7 Å². The maximum atomic E-state index is 11.8. The standard InChI is InChI=1S/C132H132O6/c1-76(2)22-19-25-79(7)34-37-85-46-58-91(59-47-85)109-106(88-52-40-82(41-53-88)28-13-10-16-31-103(133)134)97-70-64-94-68-74-101-119-111(93-62-50-87(51-63-93)39-36-81(9)27-21-24-78(5)6)108(90-56-44-84(45-57-90)30-15-12-18-33-105(137)138)99-72-66-96-69-75-102-120-110(92-60-48-86(49-61-92)38-35-80(8)26-20-23-77(3)4)107(89-54-42-83(43-55-89)29-14-11-17-32-104(135)136)98-71-65-95-67-73-100-118(109)124-115(97)112(94)122(101)128-130(124)127-121(100)113(95)116(98)125(120)131(127)129-123(102)114(96)117(99)126(119)132(128)129/h40-81H,10-39H2,1-9H3,(H,133,134)(H,135,136)(H,137,138). The van der Waals surface area contributed by atoms with Crippen LogP contribution < -0.4 is 0 Å². The molecule has 0 bridgehead atoms. The van der Waals surface area contributed by atoms with E-state index >= 15 is 0 Å². The fraction of sp³-hybridized carbons (Fsp3) is 0.341. The molecule has 22 aromatic rings. The van der Waals surface area contributed by atoms with E-state index in [2.05, 4.69) is 281 Å². The van der Waals surface area contributed by atoms with Crippen molar-refractivity contribution in [3.63, 3.8) is 0 Å². The molecule has 0 aliphatic rings. The normalized spacial score (nSPS) is 13.4. The minimum atomic E-state index is -0.734. The number of benzene rings is 22. The number of carboxylic acids is 3. The summed E-state index contributed by atoms with van der Waals surface area (Å²) in [4.78, 5) is 35.4. The van der Waals surface area contributed by atoms with Crippen molar-refractivity contribution in [3.05, 3.63) is 252 Å². The molecule has 0 aromatic heterocycles. The van der Waals surface area contributed by atoms with Gasteiger partial charge in [0.05, 0.1) is 0 Å². The van der Waals surface area contributed by atoms with Gasteiger partial charge in [0.15, 0.2) is 0 Å². The second-order valence-corrected chi connectivity index (χ2v) is 43.9. The monoisotopic (exact) mass is 1810 g/mol. The number of fused-ring (bicyclic) bond motifs is 3. The Labute approximate surface area is 812 Å². The number of aliphatic carboxylic acids is 3. The van der Waals surface area contributed by atoms with E-state index in [0.29, 0.717) is 54.8 Å². The van der Waals surface area contributed by atoms with Crippen molar-refractivity contribution >= 4 is 179 Å². The fourth-order valence-corrected chi connectivity index (χ4v) is 25.8. The van der Waals surface area contributed by atoms with Gasteiger partial charge < -0.3 is 15.3 Å². The van der Waals surface area contributed by atoms with Crippen LogP contribution in [0.1, 0.15) is 250 Å². The first-order chi connectivity index (χ1) is 67.2. The van der Waals surface area contributed by atoms with E-state index in [9.17, 15) is 29.7 Å². The summed E-state index contributed by atoms with van der Waals surface area (Å²) in [5.41, 5.74) is 22.6. The Morgan fingerprint density at radius 2 is 0.384 bits per heavy atom. The first kappa shape index (κ1) is 90.6. The van der Waals surface area contributed by atoms with Crippen molar-refractivity contribution in [2.24, 2.45) is 35.5 Å². The molecule has 3 N–H and O–H groups in total. The van der Waals surface area contributed by atoms with Gasteiger partial charge in [-0.1, -0.05) is 358 Å². The molecule has 0 saturated heterocycles. The summed E-state index contributed by atoms with van der Waals surface area (Å²) in [6.45, 7) is 21.5. The van der Waals surface area contributed by atoms with Crippen molar-refractivity contribution in [2.45, 2.75) is 255 Å². The minimum absolute atomic E-state index is 0.189. The molecule has 0 amide bonds. The number of aryl methyl sites for hydroxylation is 6. The fourth-order valence-electron chi connectivity index (χ4n) is 25.8. The Bertz CT molecular complexity index is 7340. The molecule has 0 radical (unpaired) electrons. The first-order valence-electron chi connectivity index (χ1n) is 53.0. The number of hydrogen-bond acceptors (Lipinski definition) is 3. The average molecular weight is 1810 g/mol. The topological polar surface area (TPSA) is 112 Å². The molecule has 0 aliphatic carbocycles. The zero-order valence-electron chi connectivity index (χ0n) is 82.5. The third-order valence-electron chi connectivity index (χ3n) is 32.9. The quantitative estimate of drug-likeness (QED) is 0.0199. The third kappa shape index (κ3) is 16.2. The highest BCUT2D eigenvalue weighted by Gasteiger charge is 2.39. The molecule has 696 valence electrons. The van der Waals surface area contributed by atoms with Gasteiger partial charge in [0, 0.05) is 19.3 Å². The molecule has 0 saturated carbocycles. The molecule has 0 spiro atoms. The van der Waals surface area contributed by atoms with Crippen LogP contribution >= 0.6 is 0 Å². The van der Waals surface area contributed by atoms with E-state index < -0.39 is 17.9 Å². The van der Waals surface area contributed by atoms with Gasteiger partial charge in [0.1, 0.15) is 0 Å². The first-order valence-corrected chi connectivity index (χ1v) is 53.0. The molecule has 22 aromatic carbocycles. The predicted octanol–water partition coefficient (Wildman–Crippen LogP) is 37.7. The summed E-state index contributed by atoms with van der Waals surface area (Å²) in [5, 5.41) is 68.5. The lowest BCUT2D eigenvalue weighted by Gasteiger charge is -2.34. The summed E-state index contributed by atoms with van der Waals surface area (Å²) in [6, 6.07) is 88.8. The molecular weight excluding hydrogens is 1680 g/mol. The lowest BCUT2D eigenvalue weighted by atomic mass is 9.68. The summed E-state index contributed by atoms with van der Waals surface area (Å²) < 4.78 is 0. The van der Waals surface area contributed by atoms with Gasteiger partial charge in [-0.15, -0.1) is 0 Å². The number of unbranched alkanes of at least 4 members (excludes halogenated alkanes) is 6.